The molecule has 0 aliphatic heterocycles. The third-order valence-corrected chi connectivity index (χ3v) is 3.78. The van der Waals surface area contributed by atoms with Gasteiger partial charge in [-0.2, -0.15) is 18.3 Å². The zero-order valence-corrected chi connectivity index (χ0v) is 12.9. The molecule has 0 bridgehead atoms. The van der Waals surface area contributed by atoms with Crippen molar-refractivity contribution in [1.82, 2.24) is 9.78 Å². The molecule has 1 aromatic heterocycles. The topological polar surface area (TPSA) is 67.5 Å². The molecule has 0 spiro atoms. The lowest BCUT2D eigenvalue weighted by atomic mass is 9.75. The Kier molecular flexibility index (Phi) is 4.54. The van der Waals surface area contributed by atoms with E-state index in [9.17, 15) is 23.3 Å². The molecule has 0 aliphatic carbocycles. The van der Waals surface area contributed by atoms with Crippen LogP contribution >= 0.6 is 0 Å². The minimum Gasteiger partial charge on any atom is -0.423 e. The molecule has 1 aromatic rings. The fraction of sp³-hybridized carbons (Fsp3) is 0.750. The number of halogens is 3. The molecule has 0 saturated carbocycles. The summed E-state index contributed by atoms with van der Waals surface area (Å²) >= 11 is 0. The lowest BCUT2D eigenvalue weighted by molar-refractivity contribution is -0.141. The van der Waals surface area contributed by atoms with E-state index >= 15 is 0 Å². The largest absolute Gasteiger partial charge is 0.495 e. The van der Waals surface area contributed by atoms with Gasteiger partial charge in [0.2, 0.25) is 0 Å². The van der Waals surface area contributed by atoms with Crippen molar-refractivity contribution in [2.24, 2.45) is 7.05 Å². The van der Waals surface area contributed by atoms with Gasteiger partial charge in [-0.3, -0.25) is 4.68 Å². The molecule has 0 amide bonds. The van der Waals surface area contributed by atoms with Gasteiger partial charge in [0.25, 0.3) is 0 Å². The van der Waals surface area contributed by atoms with Crippen LogP contribution in [0.2, 0.25) is 0 Å². The Morgan fingerprint density at radius 2 is 1.67 bits per heavy atom. The standard InChI is InChI=1S/C12H20BF3N2O3/c1-7-8(9(12(14,15)16)17-18(7)6)13(20)21-11(4,5)10(2,3)19/h19-20H,1-6H3. The highest BCUT2D eigenvalue weighted by molar-refractivity contribution is 6.61. The first-order valence-electron chi connectivity index (χ1n) is 6.37. The van der Waals surface area contributed by atoms with Crippen LogP contribution in [0.4, 0.5) is 13.2 Å². The highest BCUT2D eigenvalue weighted by Gasteiger charge is 2.46. The maximum absolute atomic E-state index is 13.0. The molecular weight excluding hydrogens is 288 g/mol. The van der Waals surface area contributed by atoms with Crippen LogP contribution < -0.4 is 5.46 Å². The normalized spacial score (nSPS) is 13.7. The van der Waals surface area contributed by atoms with Crippen LogP contribution in [0.3, 0.4) is 0 Å². The molecule has 21 heavy (non-hydrogen) atoms. The van der Waals surface area contributed by atoms with Crippen molar-refractivity contribution in [3.63, 3.8) is 0 Å². The van der Waals surface area contributed by atoms with Crippen LogP contribution in [0, 0.1) is 6.92 Å². The summed E-state index contributed by atoms with van der Waals surface area (Å²) in [4.78, 5) is 0. The van der Waals surface area contributed by atoms with Gasteiger partial charge in [0.1, 0.15) is 0 Å². The zero-order valence-electron chi connectivity index (χ0n) is 12.9. The van der Waals surface area contributed by atoms with E-state index < -0.39 is 35.7 Å². The first-order chi connectivity index (χ1) is 9.18. The number of aliphatic hydroxyl groups is 1. The molecule has 9 heteroatoms. The maximum atomic E-state index is 13.0. The zero-order chi connectivity index (χ0) is 16.8. The Morgan fingerprint density at radius 1 is 1.19 bits per heavy atom. The molecular formula is C12H20BF3N2O3. The number of alkyl halides is 3. The minimum atomic E-state index is -4.70. The highest BCUT2D eigenvalue weighted by Crippen LogP contribution is 2.29. The quantitative estimate of drug-likeness (QED) is 0.815. The second-order valence-corrected chi connectivity index (χ2v) is 6.01. The summed E-state index contributed by atoms with van der Waals surface area (Å²) in [6.07, 6.45) is -4.70. The predicted octanol–water partition coefficient (Wildman–Crippen LogP) is 1.00. The van der Waals surface area contributed by atoms with Crippen molar-refractivity contribution in [3.8, 4) is 0 Å². The monoisotopic (exact) mass is 308 g/mol. The fourth-order valence-electron chi connectivity index (χ4n) is 1.61. The van der Waals surface area contributed by atoms with E-state index in [2.05, 4.69) is 5.10 Å². The van der Waals surface area contributed by atoms with E-state index in [1.165, 1.54) is 41.7 Å². The molecule has 1 rings (SSSR count). The summed E-state index contributed by atoms with van der Waals surface area (Å²) in [7, 11) is -0.501. The predicted molar refractivity (Wildman–Crippen MR) is 72.0 cm³/mol. The lowest BCUT2D eigenvalue weighted by Gasteiger charge is -2.38. The fourth-order valence-corrected chi connectivity index (χ4v) is 1.61. The molecule has 0 fully saturated rings. The number of nitrogens with zero attached hydrogens (tertiary/aromatic N) is 2. The summed E-state index contributed by atoms with van der Waals surface area (Å²) in [6.45, 7) is 7.26. The van der Waals surface area contributed by atoms with Gasteiger partial charge in [0.05, 0.1) is 11.2 Å². The molecule has 120 valence electrons. The number of aromatic nitrogens is 2. The van der Waals surface area contributed by atoms with E-state index in [4.69, 9.17) is 4.65 Å². The second-order valence-electron chi connectivity index (χ2n) is 6.01. The number of rotatable bonds is 4. The minimum absolute atomic E-state index is 0.140. The van der Waals surface area contributed by atoms with Gasteiger partial charge >= 0.3 is 13.3 Å². The van der Waals surface area contributed by atoms with Gasteiger partial charge in [-0.25, -0.2) is 0 Å². The lowest BCUT2D eigenvalue weighted by Crippen LogP contribution is -2.54. The van der Waals surface area contributed by atoms with Gasteiger partial charge in [-0.1, -0.05) is 0 Å². The first-order valence-corrected chi connectivity index (χ1v) is 6.37. The van der Waals surface area contributed by atoms with Gasteiger partial charge in [-0.05, 0) is 34.6 Å². The highest BCUT2D eigenvalue weighted by atomic mass is 19.4. The Hall–Kier alpha value is -1.06. The Balaban J connectivity index is 3.23. The van der Waals surface area contributed by atoms with E-state index in [-0.39, 0.29) is 5.69 Å². The molecule has 0 aliphatic rings. The van der Waals surface area contributed by atoms with E-state index in [1.807, 2.05) is 0 Å². The number of aryl methyl sites for hydroxylation is 1. The summed E-state index contributed by atoms with van der Waals surface area (Å²) < 4.78 is 45.2. The van der Waals surface area contributed by atoms with E-state index in [0.29, 0.717) is 0 Å². The van der Waals surface area contributed by atoms with Crippen LogP contribution in [0.5, 0.6) is 0 Å². The third-order valence-electron chi connectivity index (χ3n) is 3.78. The van der Waals surface area contributed by atoms with Crippen molar-refractivity contribution in [3.05, 3.63) is 11.4 Å². The molecule has 2 N–H and O–H groups in total. The van der Waals surface area contributed by atoms with Crippen LogP contribution in [-0.4, -0.2) is 38.2 Å². The number of hydrogen-bond acceptors (Lipinski definition) is 4. The average Bonchev–Trinajstić information content (AvgIpc) is 2.52. The smallest absolute Gasteiger partial charge is 0.423 e. The molecule has 0 aromatic carbocycles. The second kappa shape index (κ2) is 5.29. The Bertz CT molecular complexity index is 521. The molecule has 0 saturated heterocycles. The Labute approximate surface area is 121 Å². The summed E-state index contributed by atoms with van der Waals surface area (Å²) in [6, 6.07) is 0. The van der Waals surface area contributed by atoms with E-state index in [0.717, 1.165) is 4.68 Å². The Morgan fingerprint density at radius 3 is 2.05 bits per heavy atom. The van der Waals surface area contributed by atoms with Crippen molar-refractivity contribution in [2.45, 2.75) is 52.0 Å². The van der Waals surface area contributed by atoms with Gasteiger partial charge in [-0.15, -0.1) is 0 Å². The molecule has 0 unspecified atom stereocenters. The van der Waals surface area contributed by atoms with E-state index in [1.54, 1.807) is 0 Å². The van der Waals surface area contributed by atoms with Gasteiger partial charge in [0.15, 0.2) is 5.69 Å². The summed E-state index contributed by atoms with van der Waals surface area (Å²) in [5.41, 5.74) is -4.12. The van der Waals surface area contributed by atoms with Crippen LogP contribution in [0.1, 0.15) is 39.1 Å². The molecule has 5 nitrogen and oxygen atoms in total. The van der Waals surface area contributed by atoms with Crippen molar-refractivity contribution in [2.75, 3.05) is 0 Å². The van der Waals surface area contributed by atoms with Crippen molar-refractivity contribution >= 4 is 12.6 Å². The first kappa shape index (κ1) is 18.0. The molecule has 0 atom stereocenters. The van der Waals surface area contributed by atoms with Crippen LogP contribution in [-0.2, 0) is 17.9 Å². The van der Waals surface area contributed by atoms with Crippen molar-refractivity contribution < 1.29 is 28.0 Å². The van der Waals surface area contributed by atoms with Crippen molar-refractivity contribution in [1.29, 1.82) is 0 Å². The van der Waals surface area contributed by atoms with Crippen LogP contribution in [0.25, 0.3) is 0 Å². The van der Waals surface area contributed by atoms with Gasteiger partial charge in [0, 0.05) is 18.2 Å². The number of hydrogen-bond donors (Lipinski definition) is 2. The molecule has 0 radical (unpaired) electrons. The SMILES string of the molecule is Cc1c(B(O)OC(C)(C)C(C)(C)O)c(C(F)(F)F)nn1C. The maximum Gasteiger partial charge on any atom is 0.495 e. The third kappa shape index (κ3) is 3.59. The van der Waals surface area contributed by atoms with Gasteiger partial charge < -0.3 is 14.8 Å². The summed E-state index contributed by atoms with van der Waals surface area (Å²) in [5, 5.41) is 23.4. The molecule has 1 heterocycles. The summed E-state index contributed by atoms with van der Waals surface area (Å²) in [5.74, 6) is 0. The van der Waals surface area contributed by atoms with Crippen LogP contribution in [0.15, 0.2) is 0 Å². The average molecular weight is 308 g/mol.